The summed E-state index contributed by atoms with van der Waals surface area (Å²) in [6.45, 7) is 4.04. The largest absolute Gasteiger partial charge is 0.294 e. The molecule has 0 spiro atoms. The van der Waals surface area contributed by atoms with Gasteiger partial charge in [0.2, 0.25) is 0 Å². The van der Waals surface area contributed by atoms with E-state index >= 15 is 0 Å². The Hall–Kier alpha value is -1.41. The van der Waals surface area contributed by atoms with Crippen molar-refractivity contribution in [2.45, 2.75) is 20.3 Å². The molecule has 1 aromatic heterocycles. The van der Waals surface area contributed by atoms with Crippen molar-refractivity contribution < 1.29 is 4.79 Å². The SMILES string of the molecule is Cc1ccc(C(=O)Cc2ccsc2)c(C)c1. The highest BCUT2D eigenvalue weighted by Crippen LogP contribution is 2.15. The zero-order chi connectivity index (χ0) is 11.5. The summed E-state index contributed by atoms with van der Waals surface area (Å²) >= 11 is 1.63. The molecule has 2 heteroatoms. The maximum atomic E-state index is 12.0. The van der Waals surface area contributed by atoms with Crippen LogP contribution in [0.5, 0.6) is 0 Å². The summed E-state index contributed by atoms with van der Waals surface area (Å²) in [5.41, 5.74) is 4.22. The first-order chi connectivity index (χ1) is 7.66. The van der Waals surface area contributed by atoms with Gasteiger partial charge in [-0.3, -0.25) is 4.79 Å². The molecule has 2 aromatic rings. The van der Waals surface area contributed by atoms with Crippen LogP contribution in [0.1, 0.15) is 27.0 Å². The van der Waals surface area contributed by atoms with E-state index in [2.05, 4.69) is 6.07 Å². The number of Topliss-reactive ketones (excluding diaryl/α,β-unsaturated/α-hetero) is 1. The highest BCUT2D eigenvalue weighted by atomic mass is 32.1. The van der Waals surface area contributed by atoms with E-state index in [-0.39, 0.29) is 5.78 Å². The second-order valence-electron chi connectivity index (χ2n) is 4.05. The third-order valence-electron chi connectivity index (χ3n) is 2.63. The summed E-state index contributed by atoms with van der Waals surface area (Å²) in [6, 6.07) is 7.99. The molecule has 0 aliphatic heterocycles. The monoisotopic (exact) mass is 230 g/mol. The van der Waals surface area contributed by atoms with Crippen LogP contribution in [-0.4, -0.2) is 5.78 Å². The van der Waals surface area contributed by atoms with Crippen LogP contribution in [0.4, 0.5) is 0 Å². The van der Waals surface area contributed by atoms with Crippen molar-refractivity contribution in [3.05, 3.63) is 57.3 Å². The maximum Gasteiger partial charge on any atom is 0.167 e. The van der Waals surface area contributed by atoms with E-state index in [1.54, 1.807) is 11.3 Å². The molecule has 0 saturated carbocycles. The maximum absolute atomic E-state index is 12.0. The van der Waals surface area contributed by atoms with Crippen molar-refractivity contribution >= 4 is 17.1 Å². The van der Waals surface area contributed by atoms with Crippen LogP contribution in [0, 0.1) is 13.8 Å². The van der Waals surface area contributed by atoms with Crippen LogP contribution in [-0.2, 0) is 6.42 Å². The van der Waals surface area contributed by atoms with E-state index in [9.17, 15) is 4.79 Å². The Balaban J connectivity index is 2.21. The van der Waals surface area contributed by atoms with Gasteiger partial charge in [0, 0.05) is 12.0 Å². The highest BCUT2D eigenvalue weighted by Gasteiger charge is 2.09. The molecule has 0 radical (unpaired) electrons. The first kappa shape index (κ1) is 11.1. The van der Waals surface area contributed by atoms with E-state index < -0.39 is 0 Å². The zero-order valence-electron chi connectivity index (χ0n) is 9.49. The van der Waals surface area contributed by atoms with Gasteiger partial charge in [-0.25, -0.2) is 0 Å². The normalized spacial score (nSPS) is 10.4. The van der Waals surface area contributed by atoms with Crippen molar-refractivity contribution in [3.63, 3.8) is 0 Å². The molecule has 1 heterocycles. The van der Waals surface area contributed by atoms with Gasteiger partial charge in [-0.2, -0.15) is 11.3 Å². The van der Waals surface area contributed by atoms with Crippen molar-refractivity contribution in [1.82, 2.24) is 0 Å². The molecular weight excluding hydrogens is 216 g/mol. The zero-order valence-corrected chi connectivity index (χ0v) is 10.3. The first-order valence-electron chi connectivity index (χ1n) is 5.28. The average molecular weight is 230 g/mol. The van der Waals surface area contributed by atoms with E-state index in [0.29, 0.717) is 6.42 Å². The number of carbonyl (C=O) groups excluding carboxylic acids is 1. The van der Waals surface area contributed by atoms with Crippen molar-refractivity contribution in [2.24, 2.45) is 0 Å². The predicted molar refractivity (Wildman–Crippen MR) is 68.3 cm³/mol. The molecule has 1 nitrogen and oxygen atoms in total. The van der Waals surface area contributed by atoms with Gasteiger partial charge in [0.1, 0.15) is 0 Å². The van der Waals surface area contributed by atoms with E-state index in [0.717, 1.165) is 16.7 Å². The van der Waals surface area contributed by atoms with Crippen LogP contribution in [0.25, 0.3) is 0 Å². The molecule has 0 atom stereocenters. The second-order valence-corrected chi connectivity index (χ2v) is 4.83. The summed E-state index contributed by atoms with van der Waals surface area (Å²) in [4.78, 5) is 12.0. The van der Waals surface area contributed by atoms with E-state index in [1.807, 2.05) is 42.8 Å². The summed E-state index contributed by atoms with van der Waals surface area (Å²) in [6.07, 6.45) is 0.507. The Bertz CT molecular complexity index is 497. The first-order valence-corrected chi connectivity index (χ1v) is 6.22. The van der Waals surface area contributed by atoms with E-state index in [1.165, 1.54) is 5.56 Å². The molecule has 2 rings (SSSR count). The number of carbonyl (C=O) groups is 1. The fourth-order valence-electron chi connectivity index (χ4n) is 1.80. The standard InChI is InChI=1S/C14H14OS/c1-10-3-4-13(11(2)7-10)14(15)8-12-5-6-16-9-12/h3-7,9H,8H2,1-2H3. The van der Waals surface area contributed by atoms with Crippen LogP contribution in [0.3, 0.4) is 0 Å². The van der Waals surface area contributed by atoms with Gasteiger partial charge in [-0.15, -0.1) is 0 Å². The molecule has 1 aromatic carbocycles. The molecule has 16 heavy (non-hydrogen) atoms. The highest BCUT2D eigenvalue weighted by molar-refractivity contribution is 7.08. The molecule has 82 valence electrons. The predicted octanol–water partition coefficient (Wildman–Crippen LogP) is 3.79. The van der Waals surface area contributed by atoms with Crippen LogP contribution < -0.4 is 0 Å². The molecule has 0 aliphatic carbocycles. The van der Waals surface area contributed by atoms with Gasteiger partial charge < -0.3 is 0 Å². The molecule has 0 unspecified atom stereocenters. The fourth-order valence-corrected chi connectivity index (χ4v) is 2.47. The lowest BCUT2D eigenvalue weighted by Gasteiger charge is -2.05. The Kier molecular flexibility index (Phi) is 3.20. The van der Waals surface area contributed by atoms with Gasteiger partial charge in [0.25, 0.3) is 0 Å². The molecule has 0 aliphatic rings. The molecule has 0 amide bonds. The molecule has 0 fully saturated rings. The minimum Gasteiger partial charge on any atom is -0.294 e. The third kappa shape index (κ3) is 2.39. The lowest BCUT2D eigenvalue weighted by Crippen LogP contribution is -2.05. The summed E-state index contributed by atoms with van der Waals surface area (Å²) in [7, 11) is 0. The minimum atomic E-state index is 0.205. The molecule has 0 saturated heterocycles. The van der Waals surface area contributed by atoms with Gasteiger partial charge in [-0.05, 0) is 41.8 Å². The minimum absolute atomic E-state index is 0.205. The summed E-state index contributed by atoms with van der Waals surface area (Å²) in [5.74, 6) is 0.205. The Labute approximate surface area is 99.8 Å². The average Bonchev–Trinajstić information content (AvgIpc) is 2.70. The number of hydrogen-bond donors (Lipinski definition) is 0. The number of rotatable bonds is 3. The van der Waals surface area contributed by atoms with Crippen molar-refractivity contribution in [3.8, 4) is 0 Å². The molecular formula is C14H14OS. The number of thiophene rings is 1. The number of ketones is 1. The van der Waals surface area contributed by atoms with E-state index in [4.69, 9.17) is 0 Å². The van der Waals surface area contributed by atoms with Crippen molar-refractivity contribution in [2.75, 3.05) is 0 Å². The Morgan fingerprint density at radius 1 is 1.25 bits per heavy atom. The van der Waals surface area contributed by atoms with Crippen LogP contribution in [0.15, 0.2) is 35.0 Å². The van der Waals surface area contributed by atoms with Crippen LogP contribution in [0.2, 0.25) is 0 Å². The Morgan fingerprint density at radius 3 is 2.69 bits per heavy atom. The molecule has 0 N–H and O–H groups in total. The van der Waals surface area contributed by atoms with Gasteiger partial charge >= 0.3 is 0 Å². The lowest BCUT2D eigenvalue weighted by molar-refractivity contribution is 0.0992. The third-order valence-corrected chi connectivity index (χ3v) is 3.36. The fraction of sp³-hybridized carbons (Fsp3) is 0.214. The second kappa shape index (κ2) is 4.62. The number of aryl methyl sites for hydroxylation is 2. The van der Waals surface area contributed by atoms with Crippen LogP contribution >= 0.6 is 11.3 Å². The number of benzene rings is 1. The summed E-state index contributed by atoms with van der Waals surface area (Å²) < 4.78 is 0. The summed E-state index contributed by atoms with van der Waals surface area (Å²) in [5, 5.41) is 4.03. The lowest BCUT2D eigenvalue weighted by atomic mass is 9.99. The van der Waals surface area contributed by atoms with Gasteiger partial charge in [0.05, 0.1) is 0 Å². The quantitative estimate of drug-likeness (QED) is 0.733. The Morgan fingerprint density at radius 2 is 2.06 bits per heavy atom. The van der Waals surface area contributed by atoms with Crippen molar-refractivity contribution in [1.29, 1.82) is 0 Å². The molecule has 0 bridgehead atoms. The smallest absolute Gasteiger partial charge is 0.167 e. The van der Waals surface area contributed by atoms with Gasteiger partial charge in [0.15, 0.2) is 5.78 Å². The van der Waals surface area contributed by atoms with Gasteiger partial charge in [-0.1, -0.05) is 23.8 Å². The topological polar surface area (TPSA) is 17.1 Å². The number of hydrogen-bond acceptors (Lipinski definition) is 2.